The number of thiocarbonyl (C=S) groups is 1. The number of carbonyl (C=O) groups excluding carboxylic acids is 2. The summed E-state index contributed by atoms with van der Waals surface area (Å²) in [5, 5.41) is 22.0. The summed E-state index contributed by atoms with van der Waals surface area (Å²) in [5.74, 6) is -1.56. The van der Waals surface area contributed by atoms with Gasteiger partial charge in [0.1, 0.15) is 16.0 Å². The lowest BCUT2D eigenvalue weighted by Crippen LogP contribution is -2.35. The topological polar surface area (TPSA) is 113 Å². The standard InChI is InChI=1S/C21H19N3O5S3/c1-12-14(10-22)18(26)23(6-4-7-29-2)20(28)17(12)15(25)11-24-19(27)16(32-21(24)30)9-13-5-3-8-31-13/h3,5,8-9,28H,4,6-7,11H2,1-2H3/b16-9-. The molecule has 1 saturated heterocycles. The maximum atomic E-state index is 13.1. The van der Waals surface area contributed by atoms with Gasteiger partial charge in [-0.2, -0.15) is 5.26 Å². The van der Waals surface area contributed by atoms with Crippen molar-refractivity contribution in [2.45, 2.75) is 19.9 Å². The molecule has 166 valence electrons. The number of hydrogen-bond acceptors (Lipinski definition) is 9. The second-order valence-electron chi connectivity index (χ2n) is 6.82. The molecule has 1 fully saturated rings. The number of rotatable bonds is 8. The Morgan fingerprint density at radius 1 is 1.41 bits per heavy atom. The number of Topliss-reactive ketones (excluding diaryl/α,β-unsaturated/α-hetero) is 1. The largest absolute Gasteiger partial charge is 0.494 e. The summed E-state index contributed by atoms with van der Waals surface area (Å²) < 4.78 is 6.17. The van der Waals surface area contributed by atoms with E-state index in [1.807, 2.05) is 23.6 Å². The molecule has 1 aliphatic heterocycles. The molecular formula is C21H19N3O5S3. The molecule has 0 atom stereocenters. The first-order valence-corrected chi connectivity index (χ1v) is 11.6. The van der Waals surface area contributed by atoms with Gasteiger partial charge in [0.15, 0.2) is 5.78 Å². The van der Waals surface area contributed by atoms with E-state index in [4.69, 9.17) is 17.0 Å². The van der Waals surface area contributed by atoms with Crippen LogP contribution < -0.4 is 5.56 Å². The monoisotopic (exact) mass is 489 g/mol. The van der Waals surface area contributed by atoms with E-state index in [1.165, 1.54) is 25.4 Å². The number of aromatic hydroxyl groups is 1. The summed E-state index contributed by atoms with van der Waals surface area (Å²) in [6.07, 6.45) is 2.11. The van der Waals surface area contributed by atoms with Crippen molar-refractivity contribution in [1.82, 2.24) is 9.47 Å². The lowest BCUT2D eigenvalue weighted by Gasteiger charge is -2.18. The fraction of sp³-hybridized carbons (Fsp3) is 0.286. The highest BCUT2D eigenvalue weighted by molar-refractivity contribution is 8.26. The van der Waals surface area contributed by atoms with Crippen molar-refractivity contribution >= 4 is 57.4 Å². The minimum absolute atomic E-state index is 0.0678. The number of thioether (sulfide) groups is 1. The fourth-order valence-corrected chi connectivity index (χ4v) is 5.20. The molecule has 3 heterocycles. The zero-order valence-corrected chi connectivity index (χ0v) is 19.7. The SMILES string of the molecule is COCCCn1c(O)c(C(=O)CN2C(=O)/C(=C/c3cccs3)SC2=S)c(C)c(C#N)c1=O. The number of nitrogens with zero attached hydrogens (tertiary/aromatic N) is 3. The smallest absolute Gasteiger partial charge is 0.271 e. The third-order valence-electron chi connectivity index (χ3n) is 4.80. The van der Waals surface area contributed by atoms with Crippen LogP contribution >= 0.6 is 35.3 Å². The van der Waals surface area contributed by atoms with Crippen LogP contribution in [0, 0.1) is 18.3 Å². The Morgan fingerprint density at radius 3 is 2.78 bits per heavy atom. The van der Waals surface area contributed by atoms with Crippen LogP contribution in [0.1, 0.15) is 32.8 Å². The second kappa shape index (κ2) is 10.2. The van der Waals surface area contributed by atoms with Gasteiger partial charge in [0.05, 0.1) is 17.0 Å². The molecule has 0 aromatic carbocycles. The van der Waals surface area contributed by atoms with Gasteiger partial charge in [0.2, 0.25) is 5.88 Å². The van der Waals surface area contributed by atoms with Crippen molar-refractivity contribution in [3.8, 4) is 11.9 Å². The third-order valence-corrected chi connectivity index (χ3v) is 7.00. The van der Waals surface area contributed by atoms with Crippen LogP contribution in [0.15, 0.2) is 27.2 Å². The third kappa shape index (κ3) is 4.68. The van der Waals surface area contributed by atoms with Crippen LogP contribution in [0.5, 0.6) is 5.88 Å². The fourth-order valence-electron chi connectivity index (χ4n) is 3.22. The number of thiophene rings is 1. The number of amides is 1. The molecule has 1 N–H and O–H groups in total. The molecule has 0 unspecified atom stereocenters. The van der Waals surface area contributed by atoms with E-state index < -0.39 is 29.7 Å². The maximum absolute atomic E-state index is 13.1. The molecule has 0 saturated carbocycles. The lowest BCUT2D eigenvalue weighted by molar-refractivity contribution is -0.121. The molecule has 0 bridgehead atoms. The second-order valence-corrected chi connectivity index (χ2v) is 9.48. The Bertz CT molecular complexity index is 1210. The van der Waals surface area contributed by atoms with Crippen molar-refractivity contribution in [2.75, 3.05) is 20.3 Å². The molecule has 11 heteroatoms. The minimum Gasteiger partial charge on any atom is -0.494 e. The van der Waals surface area contributed by atoms with Crippen LogP contribution in [-0.2, 0) is 16.1 Å². The number of pyridine rings is 1. The molecule has 0 aliphatic carbocycles. The van der Waals surface area contributed by atoms with E-state index in [2.05, 4.69) is 0 Å². The Hall–Kier alpha value is -2.78. The van der Waals surface area contributed by atoms with Gasteiger partial charge in [-0.3, -0.25) is 23.9 Å². The zero-order chi connectivity index (χ0) is 23.4. The number of carbonyl (C=O) groups is 2. The quantitative estimate of drug-likeness (QED) is 0.261. The van der Waals surface area contributed by atoms with Crippen molar-refractivity contribution in [2.24, 2.45) is 0 Å². The molecule has 2 aromatic rings. The van der Waals surface area contributed by atoms with E-state index >= 15 is 0 Å². The van der Waals surface area contributed by atoms with E-state index in [0.717, 1.165) is 26.1 Å². The first-order valence-electron chi connectivity index (χ1n) is 9.47. The van der Waals surface area contributed by atoms with Gasteiger partial charge in [-0.1, -0.05) is 30.0 Å². The molecule has 1 aliphatic rings. The van der Waals surface area contributed by atoms with Gasteiger partial charge >= 0.3 is 0 Å². The first kappa shape index (κ1) is 23.9. The number of ether oxygens (including phenoxy) is 1. The zero-order valence-electron chi connectivity index (χ0n) is 17.3. The average molecular weight is 490 g/mol. The highest BCUT2D eigenvalue weighted by atomic mass is 32.2. The highest BCUT2D eigenvalue weighted by Crippen LogP contribution is 2.34. The van der Waals surface area contributed by atoms with Crippen molar-refractivity contribution in [1.29, 1.82) is 5.26 Å². The van der Waals surface area contributed by atoms with Crippen molar-refractivity contribution in [3.63, 3.8) is 0 Å². The van der Waals surface area contributed by atoms with E-state index in [9.17, 15) is 24.8 Å². The van der Waals surface area contributed by atoms with E-state index in [0.29, 0.717) is 17.9 Å². The summed E-state index contributed by atoms with van der Waals surface area (Å²) in [5.41, 5.74) is -1.01. The van der Waals surface area contributed by atoms with Crippen LogP contribution in [0.2, 0.25) is 0 Å². The molecular weight excluding hydrogens is 470 g/mol. The molecule has 0 radical (unpaired) electrons. The Balaban J connectivity index is 1.93. The molecule has 0 spiro atoms. The van der Waals surface area contributed by atoms with Crippen molar-refractivity contribution < 1.29 is 19.4 Å². The van der Waals surface area contributed by atoms with E-state index in [1.54, 1.807) is 6.08 Å². The van der Waals surface area contributed by atoms with Gasteiger partial charge in [-0.15, -0.1) is 11.3 Å². The van der Waals surface area contributed by atoms with Gasteiger partial charge in [-0.25, -0.2) is 0 Å². The predicted octanol–water partition coefficient (Wildman–Crippen LogP) is 2.92. The summed E-state index contributed by atoms with van der Waals surface area (Å²) in [6, 6.07) is 5.54. The highest BCUT2D eigenvalue weighted by Gasteiger charge is 2.35. The van der Waals surface area contributed by atoms with Crippen LogP contribution in [0.25, 0.3) is 6.08 Å². The average Bonchev–Trinajstić information content (AvgIpc) is 3.35. The van der Waals surface area contributed by atoms with Gasteiger partial charge in [-0.05, 0) is 36.4 Å². The van der Waals surface area contributed by atoms with Crippen molar-refractivity contribution in [3.05, 3.63) is 54.3 Å². The predicted molar refractivity (Wildman–Crippen MR) is 127 cm³/mol. The number of nitriles is 1. The van der Waals surface area contributed by atoms with Gasteiger partial charge in [0.25, 0.3) is 11.5 Å². The summed E-state index contributed by atoms with van der Waals surface area (Å²) in [4.78, 5) is 41.0. The van der Waals surface area contributed by atoms with Crippen LogP contribution in [-0.4, -0.2) is 50.8 Å². The molecule has 2 aromatic heterocycles. The Morgan fingerprint density at radius 2 is 2.16 bits per heavy atom. The number of aromatic nitrogens is 1. The summed E-state index contributed by atoms with van der Waals surface area (Å²) in [6.45, 7) is 1.41. The van der Waals surface area contributed by atoms with Gasteiger partial charge in [0, 0.05) is 25.1 Å². The number of methoxy groups -OCH3 is 1. The normalized spacial score (nSPS) is 14.9. The van der Waals surface area contributed by atoms with Gasteiger partial charge < -0.3 is 9.84 Å². The summed E-state index contributed by atoms with van der Waals surface area (Å²) in [7, 11) is 1.50. The van der Waals surface area contributed by atoms with Crippen LogP contribution in [0.3, 0.4) is 0 Å². The Labute approximate surface area is 197 Å². The van der Waals surface area contributed by atoms with E-state index in [-0.39, 0.29) is 27.6 Å². The Kier molecular flexibility index (Phi) is 7.63. The molecule has 3 rings (SSSR count). The number of hydrogen-bond donors (Lipinski definition) is 1. The maximum Gasteiger partial charge on any atom is 0.271 e. The first-order chi connectivity index (χ1) is 15.3. The molecule has 32 heavy (non-hydrogen) atoms. The lowest BCUT2D eigenvalue weighted by atomic mass is 10.0. The summed E-state index contributed by atoms with van der Waals surface area (Å²) >= 11 is 7.84. The molecule has 8 nitrogen and oxygen atoms in total. The number of ketones is 1. The molecule has 1 amide bonds. The minimum atomic E-state index is -0.681. The van der Waals surface area contributed by atoms with Crippen LogP contribution in [0.4, 0.5) is 0 Å².